The number of pyridine rings is 1. The predicted octanol–water partition coefficient (Wildman–Crippen LogP) is 2.64. The third-order valence-electron chi connectivity index (χ3n) is 3.90. The summed E-state index contributed by atoms with van der Waals surface area (Å²) in [4.78, 5) is 9.39. The minimum atomic E-state index is 0.176. The summed E-state index contributed by atoms with van der Waals surface area (Å²) in [5.41, 5.74) is 2.51. The average Bonchev–Trinajstić information content (AvgIpc) is 2.41. The molecule has 2 rings (SSSR count). The standard InChI is InChI=1S/C17H27N3/c1-17(2,3)15-7-8-16(18-14-15)6-5-9-20-12-10-19(4)11-13-20/h5-8,14H,9-13H2,1-4H3/b6-5+. The molecule has 3 nitrogen and oxygen atoms in total. The fourth-order valence-corrected chi connectivity index (χ4v) is 2.30. The van der Waals surface area contributed by atoms with Crippen LogP contribution >= 0.6 is 0 Å². The van der Waals surface area contributed by atoms with Crippen molar-refractivity contribution < 1.29 is 0 Å². The largest absolute Gasteiger partial charge is 0.304 e. The van der Waals surface area contributed by atoms with Gasteiger partial charge in [0.25, 0.3) is 0 Å². The molecule has 0 radical (unpaired) electrons. The Labute approximate surface area is 123 Å². The summed E-state index contributed by atoms with van der Waals surface area (Å²) in [6, 6.07) is 4.30. The van der Waals surface area contributed by atoms with Gasteiger partial charge >= 0.3 is 0 Å². The van der Waals surface area contributed by atoms with Gasteiger partial charge in [-0.3, -0.25) is 9.88 Å². The predicted molar refractivity (Wildman–Crippen MR) is 85.9 cm³/mol. The fraction of sp³-hybridized carbons (Fsp3) is 0.588. The summed E-state index contributed by atoms with van der Waals surface area (Å²) in [6.07, 6.45) is 6.35. The molecule has 0 atom stereocenters. The number of aromatic nitrogens is 1. The quantitative estimate of drug-likeness (QED) is 0.844. The van der Waals surface area contributed by atoms with Crippen molar-refractivity contribution in [3.05, 3.63) is 35.7 Å². The number of piperazine rings is 1. The number of nitrogens with zero attached hydrogens (tertiary/aromatic N) is 3. The Hall–Kier alpha value is -1.19. The maximum absolute atomic E-state index is 4.53. The zero-order valence-corrected chi connectivity index (χ0v) is 13.3. The zero-order chi connectivity index (χ0) is 14.6. The maximum Gasteiger partial charge on any atom is 0.0627 e. The molecule has 0 spiro atoms. The van der Waals surface area contributed by atoms with Crippen molar-refractivity contribution in [3.8, 4) is 0 Å². The monoisotopic (exact) mass is 273 g/mol. The van der Waals surface area contributed by atoms with Crippen molar-refractivity contribution in [3.63, 3.8) is 0 Å². The Kier molecular flexibility index (Phi) is 4.95. The van der Waals surface area contributed by atoms with Crippen molar-refractivity contribution in [2.24, 2.45) is 0 Å². The van der Waals surface area contributed by atoms with Crippen LogP contribution in [0.1, 0.15) is 32.0 Å². The molecule has 1 fully saturated rings. The van der Waals surface area contributed by atoms with Gasteiger partial charge in [0.2, 0.25) is 0 Å². The lowest BCUT2D eigenvalue weighted by Crippen LogP contribution is -2.44. The highest BCUT2D eigenvalue weighted by Crippen LogP contribution is 2.21. The van der Waals surface area contributed by atoms with Crippen LogP contribution in [0.4, 0.5) is 0 Å². The van der Waals surface area contributed by atoms with Crippen LogP contribution < -0.4 is 0 Å². The molecule has 0 saturated carbocycles. The first-order valence-electron chi connectivity index (χ1n) is 7.49. The lowest BCUT2D eigenvalue weighted by atomic mass is 9.88. The second-order valence-electron chi connectivity index (χ2n) is 6.73. The molecule has 0 aromatic carbocycles. The van der Waals surface area contributed by atoms with Gasteiger partial charge in [-0.25, -0.2) is 0 Å². The van der Waals surface area contributed by atoms with Crippen LogP contribution in [0.5, 0.6) is 0 Å². The smallest absolute Gasteiger partial charge is 0.0627 e. The molecule has 0 unspecified atom stereocenters. The molecule has 2 heterocycles. The normalized spacial score (nSPS) is 18.8. The molecule has 0 amide bonds. The Morgan fingerprint density at radius 2 is 1.85 bits per heavy atom. The van der Waals surface area contributed by atoms with Crippen LogP contribution in [0, 0.1) is 0 Å². The van der Waals surface area contributed by atoms with Crippen molar-refractivity contribution >= 4 is 6.08 Å². The van der Waals surface area contributed by atoms with Crippen molar-refractivity contribution in [2.45, 2.75) is 26.2 Å². The van der Waals surface area contributed by atoms with E-state index in [1.54, 1.807) is 0 Å². The first-order chi connectivity index (χ1) is 9.45. The molecule has 0 aliphatic carbocycles. The van der Waals surface area contributed by atoms with E-state index in [9.17, 15) is 0 Å². The number of hydrogen-bond donors (Lipinski definition) is 0. The summed E-state index contributed by atoms with van der Waals surface area (Å²) in [6.45, 7) is 12.3. The Balaban J connectivity index is 1.85. The first kappa shape index (κ1) is 15.2. The van der Waals surface area contributed by atoms with E-state index >= 15 is 0 Å². The zero-order valence-electron chi connectivity index (χ0n) is 13.3. The molecule has 1 aromatic rings. The minimum Gasteiger partial charge on any atom is -0.304 e. The molecular formula is C17H27N3. The third-order valence-corrected chi connectivity index (χ3v) is 3.90. The molecule has 110 valence electrons. The van der Waals surface area contributed by atoms with Gasteiger partial charge in [0, 0.05) is 38.9 Å². The van der Waals surface area contributed by atoms with E-state index in [4.69, 9.17) is 0 Å². The Morgan fingerprint density at radius 1 is 1.15 bits per heavy atom. The Morgan fingerprint density at radius 3 is 2.40 bits per heavy atom. The molecule has 1 aromatic heterocycles. The van der Waals surface area contributed by atoms with E-state index in [2.05, 4.69) is 66.9 Å². The molecule has 1 aliphatic heterocycles. The molecule has 20 heavy (non-hydrogen) atoms. The molecular weight excluding hydrogens is 246 g/mol. The van der Waals surface area contributed by atoms with Gasteiger partial charge in [0.1, 0.15) is 0 Å². The van der Waals surface area contributed by atoms with Crippen LogP contribution in [0.2, 0.25) is 0 Å². The van der Waals surface area contributed by atoms with Crippen molar-refractivity contribution in [1.29, 1.82) is 0 Å². The van der Waals surface area contributed by atoms with Crippen LogP contribution in [0.3, 0.4) is 0 Å². The molecule has 1 aliphatic rings. The highest BCUT2D eigenvalue weighted by Gasteiger charge is 2.13. The van der Waals surface area contributed by atoms with Gasteiger partial charge in [-0.1, -0.05) is 32.9 Å². The van der Waals surface area contributed by atoms with Gasteiger partial charge < -0.3 is 4.90 Å². The van der Waals surface area contributed by atoms with Crippen molar-refractivity contribution in [1.82, 2.24) is 14.8 Å². The van der Waals surface area contributed by atoms with E-state index in [0.29, 0.717) is 0 Å². The van der Waals surface area contributed by atoms with Crippen LogP contribution in [0.15, 0.2) is 24.4 Å². The maximum atomic E-state index is 4.53. The topological polar surface area (TPSA) is 19.4 Å². The van der Waals surface area contributed by atoms with Crippen LogP contribution in [-0.2, 0) is 5.41 Å². The summed E-state index contributed by atoms with van der Waals surface area (Å²) < 4.78 is 0. The lowest BCUT2D eigenvalue weighted by Gasteiger charge is -2.31. The highest BCUT2D eigenvalue weighted by atomic mass is 15.2. The lowest BCUT2D eigenvalue weighted by molar-refractivity contribution is 0.167. The van der Waals surface area contributed by atoms with Gasteiger partial charge in [0.15, 0.2) is 0 Å². The van der Waals surface area contributed by atoms with Crippen LogP contribution in [0.25, 0.3) is 6.08 Å². The Bertz CT molecular complexity index is 434. The summed E-state index contributed by atoms with van der Waals surface area (Å²) in [5, 5.41) is 0. The highest BCUT2D eigenvalue weighted by molar-refractivity contribution is 5.45. The van der Waals surface area contributed by atoms with E-state index in [0.717, 1.165) is 25.3 Å². The number of likely N-dealkylation sites (N-methyl/N-ethyl adjacent to an activating group) is 1. The second kappa shape index (κ2) is 6.51. The van der Waals surface area contributed by atoms with Gasteiger partial charge in [-0.05, 0) is 30.2 Å². The second-order valence-corrected chi connectivity index (χ2v) is 6.73. The molecule has 0 N–H and O–H groups in total. The van der Waals surface area contributed by atoms with Gasteiger partial charge in [0.05, 0.1) is 5.69 Å². The fourth-order valence-electron chi connectivity index (χ4n) is 2.30. The van der Waals surface area contributed by atoms with E-state index in [1.165, 1.54) is 18.7 Å². The van der Waals surface area contributed by atoms with Gasteiger partial charge in [-0.15, -0.1) is 0 Å². The van der Waals surface area contributed by atoms with Crippen molar-refractivity contribution in [2.75, 3.05) is 39.8 Å². The van der Waals surface area contributed by atoms with E-state index in [-0.39, 0.29) is 5.41 Å². The number of hydrogen-bond acceptors (Lipinski definition) is 3. The van der Waals surface area contributed by atoms with Gasteiger partial charge in [-0.2, -0.15) is 0 Å². The first-order valence-corrected chi connectivity index (χ1v) is 7.49. The number of rotatable bonds is 3. The summed E-state index contributed by atoms with van der Waals surface area (Å²) in [7, 11) is 2.19. The summed E-state index contributed by atoms with van der Waals surface area (Å²) in [5.74, 6) is 0. The summed E-state index contributed by atoms with van der Waals surface area (Å²) >= 11 is 0. The minimum absolute atomic E-state index is 0.176. The molecule has 1 saturated heterocycles. The van der Waals surface area contributed by atoms with E-state index in [1.807, 2.05) is 6.20 Å². The van der Waals surface area contributed by atoms with Crippen LogP contribution in [-0.4, -0.2) is 54.6 Å². The average molecular weight is 273 g/mol. The van der Waals surface area contributed by atoms with E-state index < -0.39 is 0 Å². The SMILES string of the molecule is CN1CCN(C/C=C/c2ccc(C(C)(C)C)cn2)CC1. The third kappa shape index (κ3) is 4.43. The molecule has 3 heteroatoms. The molecule has 0 bridgehead atoms.